The molecule has 0 radical (unpaired) electrons. The lowest BCUT2D eigenvalue weighted by molar-refractivity contribution is 0.0546. The van der Waals surface area contributed by atoms with E-state index in [9.17, 15) is 0 Å². The summed E-state index contributed by atoms with van der Waals surface area (Å²) in [5.74, 6) is 0.561. The van der Waals surface area contributed by atoms with Gasteiger partial charge in [0, 0.05) is 38.1 Å². The molecule has 29 heavy (non-hydrogen) atoms. The molecule has 3 heteroatoms. The Labute approximate surface area is 172 Å². The number of nitrogens with zero attached hydrogens (tertiary/aromatic N) is 1. The van der Waals surface area contributed by atoms with Crippen molar-refractivity contribution in [3.8, 4) is 0 Å². The smallest absolute Gasteiger partial charge is 0.125 e. The van der Waals surface area contributed by atoms with Crippen LogP contribution in [0.1, 0.15) is 36.3 Å². The van der Waals surface area contributed by atoms with Crippen molar-refractivity contribution in [2.45, 2.75) is 43.4 Å². The van der Waals surface area contributed by atoms with E-state index in [1.165, 1.54) is 21.9 Å². The van der Waals surface area contributed by atoms with Crippen molar-refractivity contribution in [3.05, 3.63) is 83.9 Å². The molecule has 2 atom stereocenters. The number of rotatable bonds is 6. The minimum atomic E-state index is -1.07. The zero-order valence-electron chi connectivity index (χ0n) is 16.9. The predicted octanol–water partition coefficient (Wildman–Crippen LogP) is 5.29. The summed E-state index contributed by atoms with van der Waals surface area (Å²) >= 11 is 0. The average Bonchev–Trinajstić information content (AvgIpc) is 3.55. The maximum absolute atomic E-state index is 15.4. The quantitative estimate of drug-likeness (QED) is 0.617. The fraction of sp³-hybridized carbons (Fsp3) is 0.385. The highest BCUT2D eigenvalue weighted by molar-refractivity contribution is 5.85. The van der Waals surface area contributed by atoms with Crippen LogP contribution in [0.5, 0.6) is 0 Å². The summed E-state index contributed by atoms with van der Waals surface area (Å²) < 4.78 is 15.4. The lowest BCUT2D eigenvalue weighted by Gasteiger charge is -2.36. The monoisotopic (exact) mass is 388 g/mol. The van der Waals surface area contributed by atoms with Crippen LogP contribution < -0.4 is 5.32 Å². The number of alkyl halides is 1. The van der Waals surface area contributed by atoms with E-state index in [1.807, 2.05) is 0 Å². The standard InChI is InChI=1S/C26H29FN2/c27-26(19-28-25-17-24(25)21-7-2-1-3-8-21)13-15-29(16-14-26)18-22-11-6-10-20-9-4-5-12-23(20)22/h1-12,24-25,28H,13-19H2. The molecule has 2 fully saturated rings. The zero-order valence-corrected chi connectivity index (χ0v) is 16.9. The lowest BCUT2D eigenvalue weighted by Crippen LogP contribution is -2.47. The van der Waals surface area contributed by atoms with Gasteiger partial charge in [-0.1, -0.05) is 72.8 Å². The van der Waals surface area contributed by atoms with Gasteiger partial charge in [-0.3, -0.25) is 4.90 Å². The summed E-state index contributed by atoms with van der Waals surface area (Å²) in [6, 6.07) is 26.1. The van der Waals surface area contributed by atoms with Crippen molar-refractivity contribution >= 4 is 10.8 Å². The predicted molar refractivity (Wildman–Crippen MR) is 118 cm³/mol. The highest BCUT2D eigenvalue weighted by Crippen LogP contribution is 2.41. The van der Waals surface area contributed by atoms with Crippen LogP contribution in [0.25, 0.3) is 10.8 Å². The topological polar surface area (TPSA) is 15.3 Å². The SMILES string of the molecule is FC1(CNC2CC2c2ccccc2)CCN(Cc2cccc3ccccc23)CC1. The first kappa shape index (κ1) is 18.8. The van der Waals surface area contributed by atoms with Crippen LogP contribution in [-0.2, 0) is 6.54 Å². The molecule has 0 spiro atoms. The Bertz CT molecular complexity index is 957. The third-order valence-corrected chi connectivity index (χ3v) is 6.73. The van der Waals surface area contributed by atoms with Crippen molar-refractivity contribution in [3.63, 3.8) is 0 Å². The van der Waals surface area contributed by atoms with E-state index < -0.39 is 5.67 Å². The van der Waals surface area contributed by atoms with Crippen molar-refractivity contribution < 1.29 is 4.39 Å². The van der Waals surface area contributed by atoms with Gasteiger partial charge < -0.3 is 5.32 Å². The summed E-state index contributed by atoms with van der Waals surface area (Å²) in [4.78, 5) is 2.41. The van der Waals surface area contributed by atoms with Gasteiger partial charge in [-0.15, -0.1) is 0 Å². The number of halogens is 1. The Morgan fingerprint density at radius 3 is 2.45 bits per heavy atom. The first-order valence-corrected chi connectivity index (χ1v) is 10.9. The van der Waals surface area contributed by atoms with Gasteiger partial charge in [0.2, 0.25) is 0 Å². The van der Waals surface area contributed by atoms with Crippen LogP contribution >= 0.6 is 0 Å². The number of benzene rings is 3. The van der Waals surface area contributed by atoms with Crippen molar-refractivity contribution in [2.24, 2.45) is 0 Å². The highest BCUT2D eigenvalue weighted by Gasteiger charge is 2.41. The van der Waals surface area contributed by atoms with Gasteiger partial charge in [-0.2, -0.15) is 0 Å². The summed E-state index contributed by atoms with van der Waals surface area (Å²) in [6.45, 7) is 3.05. The largest absolute Gasteiger partial charge is 0.310 e. The summed E-state index contributed by atoms with van der Waals surface area (Å²) in [7, 11) is 0. The molecule has 5 rings (SSSR count). The second-order valence-corrected chi connectivity index (χ2v) is 8.81. The van der Waals surface area contributed by atoms with Gasteiger partial charge >= 0.3 is 0 Å². The fourth-order valence-corrected chi connectivity index (χ4v) is 4.76. The third-order valence-electron chi connectivity index (χ3n) is 6.73. The number of likely N-dealkylation sites (tertiary alicyclic amines) is 1. The molecule has 1 aliphatic heterocycles. The zero-order chi connectivity index (χ0) is 19.7. The molecule has 1 heterocycles. The Morgan fingerprint density at radius 2 is 1.62 bits per heavy atom. The molecule has 1 saturated heterocycles. The highest BCUT2D eigenvalue weighted by atomic mass is 19.1. The van der Waals surface area contributed by atoms with Crippen LogP contribution in [0, 0.1) is 0 Å². The second kappa shape index (κ2) is 7.89. The van der Waals surface area contributed by atoms with Gasteiger partial charge in [-0.25, -0.2) is 4.39 Å². The van der Waals surface area contributed by atoms with Crippen molar-refractivity contribution in [1.29, 1.82) is 0 Å². The molecular formula is C26H29FN2. The molecule has 0 amide bonds. The molecule has 0 bridgehead atoms. The van der Waals surface area contributed by atoms with E-state index in [-0.39, 0.29) is 0 Å². The van der Waals surface area contributed by atoms with E-state index in [2.05, 4.69) is 83.0 Å². The molecule has 3 aromatic rings. The van der Waals surface area contributed by atoms with E-state index in [0.717, 1.165) is 26.1 Å². The Balaban J connectivity index is 1.13. The minimum Gasteiger partial charge on any atom is -0.310 e. The molecule has 150 valence electrons. The van der Waals surface area contributed by atoms with Gasteiger partial charge in [0.1, 0.15) is 5.67 Å². The van der Waals surface area contributed by atoms with Crippen molar-refractivity contribution in [2.75, 3.05) is 19.6 Å². The number of piperidine rings is 1. The normalized spacial score (nSPS) is 23.9. The first-order chi connectivity index (χ1) is 14.2. The second-order valence-electron chi connectivity index (χ2n) is 8.81. The molecule has 1 saturated carbocycles. The van der Waals surface area contributed by atoms with E-state index >= 15 is 4.39 Å². The van der Waals surface area contributed by atoms with Gasteiger partial charge in [0.25, 0.3) is 0 Å². The molecule has 1 N–H and O–H groups in total. The van der Waals surface area contributed by atoms with Gasteiger partial charge in [0.05, 0.1) is 0 Å². The Morgan fingerprint density at radius 1 is 0.897 bits per heavy atom. The summed E-state index contributed by atoms with van der Waals surface area (Å²) in [5, 5.41) is 6.11. The molecular weight excluding hydrogens is 359 g/mol. The van der Waals surface area contributed by atoms with Crippen molar-refractivity contribution in [1.82, 2.24) is 10.2 Å². The molecule has 2 nitrogen and oxygen atoms in total. The van der Waals surface area contributed by atoms with Crippen LogP contribution in [0.3, 0.4) is 0 Å². The van der Waals surface area contributed by atoms with Crippen LogP contribution in [-0.4, -0.2) is 36.2 Å². The Kier molecular flexibility index (Phi) is 5.11. The average molecular weight is 389 g/mol. The lowest BCUT2D eigenvalue weighted by atomic mass is 9.92. The molecule has 3 aromatic carbocycles. The first-order valence-electron chi connectivity index (χ1n) is 10.9. The maximum Gasteiger partial charge on any atom is 0.125 e. The summed E-state index contributed by atoms with van der Waals surface area (Å²) in [5.41, 5.74) is 1.65. The minimum absolute atomic E-state index is 0.443. The Hall–Kier alpha value is -2.23. The molecule has 2 aliphatic rings. The van der Waals surface area contributed by atoms with E-state index in [4.69, 9.17) is 0 Å². The molecule has 2 unspecified atom stereocenters. The number of hydrogen-bond donors (Lipinski definition) is 1. The van der Waals surface area contributed by atoms with E-state index in [0.29, 0.717) is 31.3 Å². The van der Waals surface area contributed by atoms with Crippen LogP contribution in [0.4, 0.5) is 4.39 Å². The number of fused-ring (bicyclic) bond motifs is 1. The summed E-state index contributed by atoms with van der Waals surface area (Å²) in [6.07, 6.45) is 2.37. The van der Waals surface area contributed by atoms with Crippen LogP contribution in [0.15, 0.2) is 72.8 Å². The van der Waals surface area contributed by atoms with E-state index in [1.54, 1.807) is 0 Å². The number of nitrogens with one attached hydrogen (secondary N) is 1. The third kappa shape index (κ3) is 4.22. The van der Waals surface area contributed by atoms with Gasteiger partial charge in [0.15, 0.2) is 0 Å². The number of hydrogen-bond acceptors (Lipinski definition) is 2. The van der Waals surface area contributed by atoms with Gasteiger partial charge in [-0.05, 0) is 41.2 Å². The molecule has 0 aromatic heterocycles. The maximum atomic E-state index is 15.4. The van der Waals surface area contributed by atoms with Crippen LogP contribution in [0.2, 0.25) is 0 Å². The fourth-order valence-electron chi connectivity index (χ4n) is 4.76. The molecule has 1 aliphatic carbocycles.